The minimum Gasteiger partial charge on any atom is -0.355 e. The van der Waals surface area contributed by atoms with Crippen molar-refractivity contribution in [2.75, 3.05) is 5.32 Å². The monoisotopic (exact) mass is 366 g/mol. The highest BCUT2D eigenvalue weighted by atomic mass is 35.5. The molecule has 1 aromatic heterocycles. The molecule has 3 aromatic carbocycles. The zero-order valence-electron chi connectivity index (χ0n) is 13.4. The van der Waals surface area contributed by atoms with Crippen molar-refractivity contribution in [2.24, 2.45) is 0 Å². The fraction of sp³-hybridized carbons (Fsp3) is 0. The first-order valence-electron chi connectivity index (χ1n) is 7.82. The molecule has 0 atom stereocenters. The number of halogens is 2. The third kappa shape index (κ3) is 3.17. The zero-order valence-corrected chi connectivity index (χ0v) is 14.1. The lowest BCUT2D eigenvalue weighted by Crippen LogP contribution is -2.11. The van der Waals surface area contributed by atoms with Crippen LogP contribution in [-0.4, -0.2) is 11.1 Å². The fourth-order valence-corrected chi connectivity index (χ4v) is 2.79. The van der Waals surface area contributed by atoms with Crippen LogP contribution in [0.3, 0.4) is 0 Å². The standard InChI is InChI=1S/C20H12ClFN2O2/c21-14-7-4-12(5-8-14)19-17-10-13(6-9-18(17)24-26-19)20(25)23-16-3-1-2-15(22)11-16/h1-11H,(H,23,25). The molecule has 128 valence electrons. The summed E-state index contributed by atoms with van der Waals surface area (Å²) in [6.07, 6.45) is 0. The number of nitrogens with one attached hydrogen (secondary N) is 1. The molecule has 26 heavy (non-hydrogen) atoms. The number of benzene rings is 3. The van der Waals surface area contributed by atoms with Crippen molar-refractivity contribution in [3.8, 4) is 11.3 Å². The molecular formula is C20H12ClFN2O2. The maximum atomic E-state index is 13.3. The van der Waals surface area contributed by atoms with Crippen molar-refractivity contribution in [2.45, 2.75) is 0 Å². The lowest BCUT2D eigenvalue weighted by atomic mass is 10.1. The Labute approximate surface area is 153 Å². The average molecular weight is 367 g/mol. The molecule has 0 aliphatic heterocycles. The first-order chi connectivity index (χ1) is 12.6. The van der Waals surface area contributed by atoms with Gasteiger partial charge in [-0.15, -0.1) is 0 Å². The predicted molar refractivity (Wildman–Crippen MR) is 98.8 cm³/mol. The molecule has 0 saturated heterocycles. The summed E-state index contributed by atoms with van der Waals surface area (Å²) in [6, 6.07) is 17.9. The van der Waals surface area contributed by atoms with Gasteiger partial charge in [0, 0.05) is 21.8 Å². The van der Waals surface area contributed by atoms with Crippen molar-refractivity contribution < 1.29 is 13.7 Å². The smallest absolute Gasteiger partial charge is 0.255 e. The lowest BCUT2D eigenvalue weighted by molar-refractivity contribution is 0.102. The molecular weight excluding hydrogens is 355 g/mol. The van der Waals surface area contributed by atoms with Crippen LogP contribution in [0.1, 0.15) is 10.4 Å². The van der Waals surface area contributed by atoms with Crippen LogP contribution in [0.5, 0.6) is 0 Å². The van der Waals surface area contributed by atoms with E-state index in [0.29, 0.717) is 32.9 Å². The van der Waals surface area contributed by atoms with Crippen molar-refractivity contribution in [1.82, 2.24) is 5.16 Å². The summed E-state index contributed by atoms with van der Waals surface area (Å²) in [5.41, 5.74) is 2.25. The number of hydrogen-bond acceptors (Lipinski definition) is 3. The van der Waals surface area contributed by atoms with Gasteiger partial charge in [-0.1, -0.05) is 22.8 Å². The zero-order chi connectivity index (χ0) is 18.1. The van der Waals surface area contributed by atoms with E-state index in [1.807, 2.05) is 12.1 Å². The van der Waals surface area contributed by atoms with E-state index in [9.17, 15) is 9.18 Å². The fourth-order valence-electron chi connectivity index (χ4n) is 2.66. The van der Waals surface area contributed by atoms with Gasteiger partial charge in [-0.3, -0.25) is 4.79 Å². The molecule has 4 nitrogen and oxygen atoms in total. The van der Waals surface area contributed by atoms with E-state index in [1.54, 1.807) is 36.4 Å². The SMILES string of the molecule is O=C(Nc1cccc(F)c1)c1ccc2noc(-c3ccc(Cl)cc3)c2c1. The Morgan fingerprint density at radius 3 is 2.62 bits per heavy atom. The second kappa shape index (κ2) is 6.61. The van der Waals surface area contributed by atoms with E-state index in [0.717, 1.165) is 5.56 Å². The van der Waals surface area contributed by atoms with Crippen LogP contribution in [0.15, 0.2) is 71.3 Å². The first kappa shape index (κ1) is 16.3. The number of carbonyl (C=O) groups is 1. The number of nitrogens with zero attached hydrogens (tertiary/aromatic N) is 1. The summed E-state index contributed by atoms with van der Waals surface area (Å²) in [6.45, 7) is 0. The van der Waals surface area contributed by atoms with Crippen molar-refractivity contribution >= 4 is 34.1 Å². The van der Waals surface area contributed by atoms with Gasteiger partial charge in [0.15, 0.2) is 5.76 Å². The van der Waals surface area contributed by atoms with Crippen LogP contribution in [-0.2, 0) is 0 Å². The molecule has 0 saturated carbocycles. The summed E-state index contributed by atoms with van der Waals surface area (Å²) in [4.78, 5) is 12.5. The Morgan fingerprint density at radius 2 is 1.85 bits per heavy atom. The number of amides is 1. The molecule has 0 bridgehead atoms. The van der Waals surface area contributed by atoms with Crippen LogP contribution >= 0.6 is 11.6 Å². The highest BCUT2D eigenvalue weighted by Crippen LogP contribution is 2.30. The number of rotatable bonds is 3. The number of hydrogen-bond donors (Lipinski definition) is 1. The molecule has 6 heteroatoms. The molecule has 4 rings (SSSR count). The Kier molecular flexibility index (Phi) is 4.14. The number of aromatic nitrogens is 1. The Bertz CT molecular complexity index is 1110. The van der Waals surface area contributed by atoms with Gasteiger partial charge in [-0.05, 0) is 60.7 Å². The van der Waals surface area contributed by atoms with E-state index < -0.39 is 5.82 Å². The van der Waals surface area contributed by atoms with Crippen LogP contribution in [0.4, 0.5) is 10.1 Å². The minimum atomic E-state index is -0.415. The Hall–Kier alpha value is -3.18. The third-order valence-electron chi connectivity index (χ3n) is 3.93. The van der Waals surface area contributed by atoms with Crippen molar-refractivity contribution in [3.05, 3.63) is 83.1 Å². The predicted octanol–water partition coefficient (Wildman–Crippen LogP) is 5.54. The van der Waals surface area contributed by atoms with Gasteiger partial charge >= 0.3 is 0 Å². The summed E-state index contributed by atoms with van der Waals surface area (Å²) in [7, 11) is 0. The second-order valence-corrected chi connectivity index (χ2v) is 6.15. The molecule has 1 heterocycles. The van der Waals surface area contributed by atoms with Crippen LogP contribution in [0.2, 0.25) is 5.02 Å². The molecule has 0 radical (unpaired) electrons. The molecule has 0 fully saturated rings. The van der Waals surface area contributed by atoms with E-state index in [-0.39, 0.29) is 5.91 Å². The van der Waals surface area contributed by atoms with Crippen LogP contribution in [0, 0.1) is 5.82 Å². The molecule has 1 amide bonds. The molecule has 0 unspecified atom stereocenters. The first-order valence-corrected chi connectivity index (χ1v) is 8.20. The summed E-state index contributed by atoms with van der Waals surface area (Å²) in [5, 5.41) is 8.03. The topological polar surface area (TPSA) is 55.1 Å². The average Bonchev–Trinajstić information content (AvgIpc) is 3.05. The summed E-state index contributed by atoms with van der Waals surface area (Å²) in [5.74, 6) is -0.208. The maximum absolute atomic E-state index is 13.3. The lowest BCUT2D eigenvalue weighted by Gasteiger charge is -2.05. The quantitative estimate of drug-likeness (QED) is 0.518. The van der Waals surface area contributed by atoms with Gasteiger partial charge in [0.05, 0.1) is 5.39 Å². The van der Waals surface area contributed by atoms with Gasteiger partial charge in [0.2, 0.25) is 0 Å². The molecule has 0 spiro atoms. The van der Waals surface area contributed by atoms with Gasteiger partial charge in [0.1, 0.15) is 11.3 Å². The maximum Gasteiger partial charge on any atom is 0.255 e. The van der Waals surface area contributed by atoms with Gasteiger partial charge in [-0.2, -0.15) is 0 Å². The highest BCUT2D eigenvalue weighted by molar-refractivity contribution is 6.30. The van der Waals surface area contributed by atoms with Crippen LogP contribution in [0.25, 0.3) is 22.2 Å². The highest BCUT2D eigenvalue weighted by Gasteiger charge is 2.14. The van der Waals surface area contributed by atoms with E-state index in [1.165, 1.54) is 18.2 Å². The molecule has 0 aliphatic carbocycles. The van der Waals surface area contributed by atoms with Gasteiger partial charge in [-0.25, -0.2) is 4.39 Å². The van der Waals surface area contributed by atoms with E-state index in [2.05, 4.69) is 10.5 Å². The number of anilines is 1. The minimum absolute atomic E-state index is 0.347. The van der Waals surface area contributed by atoms with Gasteiger partial charge in [0.25, 0.3) is 5.91 Å². The Morgan fingerprint density at radius 1 is 1.04 bits per heavy atom. The van der Waals surface area contributed by atoms with E-state index in [4.69, 9.17) is 16.1 Å². The summed E-state index contributed by atoms with van der Waals surface area (Å²) >= 11 is 5.92. The molecule has 4 aromatic rings. The van der Waals surface area contributed by atoms with Crippen molar-refractivity contribution in [3.63, 3.8) is 0 Å². The number of fused-ring (bicyclic) bond motifs is 1. The second-order valence-electron chi connectivity index (χ2n) is 5.71. The summed E-state index contributed by atoms with van der Waals surface area (Å²) < 4.78 is 18.7. The van der Waals surface area contributed by atoms with Crippen LogP contribution < -0.4 is 5.32 Å². The Balaban J connectivity index is 1.69. The molecule has 0 aliphatic rings. The van der Waals surface area contributed by atoms with Gasteiger partial charge < -0.3 is 9.84 Å². The van der Waals surface area contributed by atoms with Crippen molar-refractivity contribution in [1.29, 1.82) is 0 Å². The van der Waals surface area contributed by atoms with E-state index >= 15 is 0 Å². The largest absolute Gasteiger partial charge is 0.355 e. The normalized spacial score (nSPS) is 10.8. The molecule has 1 N–H and O–H groups in total. The third-order valence-corrected chi connectivity index (χ3v) is 4.18. The number of carbonyl (C=O) groups excluding carboxylic acids is 1.